The Bertz CT molecular complexity index is 962. The Kier molecular flexibility index (Phi) is 4.35. The van der Waals surface area contributed by atoms with Gasteiger partial charge in [-0.3, -0.25) is 4.79 Å². The van der Waals surface area contributed by atoms with Gasteiger partial charge in [0.25, 0.3) is 0 Å². The van der Waals surface area contributed by atoms with Crippen LogP contribution < -0.4 is 5.73 Å². The molecule has 25 heavy (non-hydrogen) atoms. The summed E-state index contributed by atoms with van der Waals surface area (Å²) in [6.07, 6.45) is 0. The van der Waals surface area contributed by atoms with Crippen molar-refractivity contribution < 1.29 is 14.7 Å². The molecule has 0 aromatic heterocycles. The number of ketones is 1. The van der Waals surface area contributed by atoms with Crippen molar-refractivity contribution in [3.63, 3.8) is 0 Å². The number of benzene rings is 3. The predicted molar refractivity (Wildman–Crippen MR) is 97.9 cm³/mol. The maximum Gasteiger partial charge on any atom is 0.335 e. The maximum absolute atomic E-state index is 12.6. The van der Waals surface area contributed by atoms with Gasteiger partial charge in [-0.1, -0.05) is 42.5 Å². The zero-order valence-corrected chi connectivity index (χ0v) is 13.7. The maximum atomic E-state index is 12.6. The van der Waals surface area contributed by atoms with Gasteiger partial charge in [0, 0.05) is 16.8 Å². The minimum atomic E-state index is -0.981. The van der Waals surface area contributed by atoms with Crippen LogP contribution in [0.2, 0.25) is 0 Å². The molecular formula is C21H17NO3. The minimum Gasteiger partial charge on any atom is -0.478 e. The lowest BCUT2D eigenvalue weighted by molar-refractivity contribution is 0.0696. The van der Waals surface area contributed by atoms with E-state index in [9.17, 15) is 14.7 Å². The SMILES string of the molecule is Cc1ccc(C(=O)O)cc1-c1ccc(C(=O)c2ccccc2)c(N)c1. The lowest BCUT2D eigenvalue weighted by Gasteiger charge is -2.11. The Balaban J connectivity index is 2.02. The average Bonchev–Trinajstić information content (AvgIpc) is 2.62. The van der Waals surface area contributed by atoms with Gasteiger partial charge in [0.1, 0.15) is 0 Å². The van der Waals surface area contributed by atoms with Crippen molar-refractivity contribution in [1.29, 1.82) is 0 Å². The van der Waals surface area contributed by atoms with E-state index in [0.29, 0.717) is 16.8 Å². The van der Waals surface area contributed by atoms with Gasteiger partial charge in [-0.2, -0.15) is 0 Å². The normalized spacial score (nSPS) is 10.4. The molecule has 0 amide bonds. The number of hydrogen-bond acceptors (Lipinski definition) is 3. The number of hydrogen-bond donors (Lipinski definition) is 2. The number of carboxylic acids is 1. The molecule has 0 aliphatic carbocycles. The standard InChI is InChI=1S/C21H17NO3/c1-13-7-8-16(21(24)25)11-18(13)15-9-10-17(19(22)12-15)20(23)14-5-3-2-4-6-14/h2-12H,22H2,1H3,(H,24,25). The third-order valence-electron chi connectivity index (χ3n) is 4.13. The Morgan fingerprint density at radius 3 is 2.24 bits per heavy atom. The molecular weight excluding hydrogens is 314 g/mol. The van der Waals surface area contributed by atoms with Crippen LogP contribution in [-0.4, -0.2) is 16.9 Å². The van der Waals surface area contributed by atoms with Crippen LogP contribution in [0.1, 0.15) is 31.8 Å². The zero-order valence-electron chi connectivity index (χ0n) is 13.7. The van der Waals surface area contributed by atoms with Crippen molar-refractivity contribution in [2.75, 3.05) is 5.73 Å². The van der Waals surface area contributed by atoms with E-state index in [1.807, 2.05) is 13.0 Å². The smallest absolute Gasteiger partial charge is 0.335 e. The number of rotatable bonds is 4. The Morgan fingerprint density at radius 1 is 0.880 bits per heavy atom. The molecule has 0 aliphatic rings. The molecule has 0 fully saturated rings. The fourth-order valence-corrected chi connectivity index (χ4v) is 2.75. The lowest BCUT2D eigenvalue weighted by atomic mass is 9.94. The van der Waals surface area contributed by atoms with E-state index >= 15 is 0 Å². The molecule has 0 radical (unpaired) electrons. The predicted octanol–water partition coefficient (Wildman–Crippen LogP) is 4.17. The number of anilines is 1. The van der Waals surface area contributed by atoms with Crippen LogP contribution in [0, 0.1) is 6.92 Å². The summed E-state index contributed by atoms with van der Waals surface area (Å²) >= 11 is 0. The molecule has 0 heterocycles. The van der Waals surface area contributed by atoms with Crippen LogP contribution in [-0.2, 0) is 0 Å². The minimum absolute atomic E-state index is 0.138. The first-order chi connectivity index (χ1) is 12.0. The van der Waals surface area contributed by atoms with Crippen molar-refractivity contribution in [3.8, 4) is 11.1 Å². The summed E-state index contributed by atoms with van der Waals surface area (Å²) in [5.41, 5.74) is 10.2. The average molecular weight is 331 g/mol. The molecule has 0 unspecified atom stereocenters. The van der Waals surface area contributed by atoms with Crippen molar-refractivity contribution in [2.45, 2.75) is 6.92 Å². The molecule has 0 spiro atoms. The highest BCUT2D eigenvalue weighted by Crippen LogP contribution is 2.29. The summed E-state index contributed by atoms with van der Waals surface area (Å²) in [6, 6.07) is 19.1. The molecule has 4 heteroatoms. The molecule has 3 aromatic carbocycles. The van der Waals surface area contributed by atoms with Crippen molar-refractivity contribution in [3.05, 3.63) is 89.0 Å². The molecule has 3 N–H and O–H groups in total. The summed E-state index contributed by atoms with van der Waals surface area (Å²) < 4.78 is 0. The van der Waals surface area contributed by atoms with E-state index in [2.05, 4.69) is 0 Å². The van der Waals surface area contributed by atoms with Gasteiger partial charge in [0.15, 0.2) is 5.78 Å². The van der Waals surface area contributed by atoms with Gasteiger partial charge in [-0.25, -0.2) is 4.79 Å². The van der Waals surface area contributed by atoms with E-state index in [0.717, 1.165) is 16.7 Å². The van der Waals surface area contributed by atoms with Crippen molar-refractivity contribution in [1.82, 2.24) is 0 Å². The number of aryl methyl sites for hydroxylation is 1. The molecule has 0 saturated carbocycles. The van der Waals surface area contributed by atoms with E-state index in [4.69, 9.17) is 5.73 Å². The van der Waals surface area contributed by atoms with E-state index in [1.165, 1.54) is 0 Å². The molecule has 4 nitrogen and oxygen atoms in total. The first-order valence-electron chi connectivity index (χ1n) is 7.81. The number of carbonyl (C=O) groups is 2. The highest BCUT2D eigenvalue weighted by Gasteiger charge is 2.14. The van der Waals surface area contributed by atoms with Crippen LogP contribution in [0.15, 0.2) is 66.7 Å². The van der Waals surface area contributed by atoms with Crippen LogP contribution in [0.25, 0.3) is 11.1 Å². The number of nitrogen functional groups attached to an aromatic ring is 1. The summed E-state index contributed by atoms with van der Waals surface area (Å²) in [4.78, 5) is 23.8. The number of aromatic carboxylic acids is 1. The number of carbonyl (C=O) groups excluding carboxylic acids is 1. The Labute approximate surface area is 145 Å². The fraction of sp³-hybridized carbons (Fsp3) is 0.0476. The monoisotopic (exact) mass is 331 g/mol. The topological polar surface area (TPSA) is 80.4 Å². The van der Waals surface area contributed by atoms with E-state index < -0.39 is 5.97 Å². The van der Waals surface area contributed by atoms with Gasteiger partial charge < -0.3 is 10.8 Å². The fourth-order valence-electron chi connectivity index (χ4n) is 2.75. The second kappa shape index (κ2) is 6.61. The van der Waals surface area contributed by atoms with Crippen LogP contribution in [0.4, 0.5) is 5.69 Å². The summed E-state index contributed by atoms with van der Waals surface area (Å²) in [6.45, 7) is 1.90. The van der Waals surface area contributed by atoms with Crippen molar-refractivity contribution in [2.24, 2.45) is 0 Å². The summed E-state index contributed by atoms with van der Waals surface area (Å²) in [7, 11) is 0. The summed E-state index contributed by atoms with van der Waals surface area (Å²) in [5.74, 6) is -1.12. The molecule has 3 rings (SSSR count). The van der Waals surface area contributed by atoms with Gasteiger partial charge in [0.2, 0.25) is 0 Å². The quantitative estimate of drug-likeness (QED) is 0.555. The third-order valence-corrected chi connectivity index (χ3v) is 4.13. The number of nitrogens with two attached hydrogens (primary N) is 1. The molecule has 0 saturated heterocycles. The third kappa shape index (κ3) is 3.28. The molecule has 124 valence electrons. The van der Waals surface area contributed by atoms with Crippen LogP contribution in [0.3, 0.4) is 0 Å². The lowest BCUT2D eigenvalue weighted by Crippen LogP contribution is -2.05. The Morgan fingerprint density at radius 2 is 1.60 bits per heavy atom. The Hall–Kier alpha value is -3.40. The zero-order chi connectivity index (χ0) is 18.0. The highest BCUT2D eigenvalue weighted by atomic mass is 16.4. The van der Waals surface area contributed by atoms with Gasteiger partial charge in [-0.05, 0) is 47.9 Å². The first-order valence-corrected chi connectivity index (χ1v) is 7.81. The highest BCUT2D eigenvalue weighted by molar-refractivity contribution is 6.12. The molecule has 0 bridgehead atoms. The van der Waals surface area contributed by atoms with Crippen LogP contribution >= 0.6 is 0 Å². The van der Waals surface area contributed by atoms with E-state index in [-0.39, 0.29) is 11.3 Å². The van der Waals surface area contributed by atoms with Crippen LogP contribution in [0.5, 0.6) is 0 Å². The van der Waals surface area contributed by atoms with Crippen molar-refractivity contribution >= 4 is 17.4 Å². The van der Waals surface area contributed by atoms with E-state index in [1.54, 1.807) is 60.7 Å². The summed E-state index contributed by atoms with van der Waals surface area (Å²) in [5, 5.41) is 9.18. The van der Waals surface area contributed by atoms with Gasteiger partial charge in [-0.15, -0.1) is 0 Å². The van der Waals surface area contributed by atoms with Gasteiger partial charge >= 0.3 is 5.97 Å². The molecule has 3 aromatic rings. The number of carboxylic acid groups (broad SMARTS) is 1. The van der Waals surface area contributed by atoms with Gasteiger partial charge in [0.05, 0.1) is 5.56 Å². The second-order valence-corrected chi connectivity index (χ2v) is 5.83. The molecule has 0 atom stereocenters. The molecule has 0 aliphatic heterocycles. The second-order valence-electron chi connectivity index (χ2n) is 5.83. The largest absolute Gasteiger partial charge is 0.478 e. The first kappa shape index (κ1) is 16.5.